The van der Waals surface area contributed by atoms with Crippen LogP contribution in [-0.4, -0.2) is 57.4 Å². The number of pyridine rings is 1. The summed E-state index contributed by atoms with van der Waals surface area (Å²) < 4.78 is 4.78. The van der Waals surface area contributed by atoms with Crippen LogP contribution < -0.4 is 0 Å². The van der Waals surface area contributed by atoms with E-state index < -0.39 is 0 Å². The molecule has 2 aromatic heterocycles. The number of carbonyl (C=O) groups excluding carboxylic acids is 2. The Morgan fingerprint density at radius 2 is 2.19 bits per heavy atom. The minimum atomic E-state index is -0.0888. The Balaban J connectivity index is 1.41. The lowest BCUT2D eigenvalue weighted by Crippen LogP contribution is -2.57. The topological polar surface area (TPSA) is 79.5 Å². The molecule has 4 rings (SSSR count). The number of carbonyl (C=O) groups is 2. The van der Waals surface area contributed by atoms with E-state index in [4.69, 9.17) is 4.52 Å². The molecule has 0 unspecified atom stereocenters. The SMILES string of the molecule is O=C(c1ccon1)N1CC[C@@H]2[C@@H](CCC(=O)N2CCc2ccccn2)C1. The van der Waals surface area contributed by atoms with Gasteiger partial charge in [-0.1, -0.05) is 11.2 Å². The van der Waals surface area contributed by atoms with Gasteiger partial charge in [0, 0.05) is 56.5 Å². The number of fused-ring (bicyclic) bond motifs is 1. The third kappa shape index (κ3) is 3.34. The van der Waals surface area contributed by atoms with Crippen molar-refractivity contribution in [3.8, 4) is 0 Å². The quantitative estimate of drug-likeness (QED) is 0.836. The largest absolute Gasteiger partial charge is 0.364 e. The fourth-order valence-corrected chi connectivity index (χ4v) is 4.09. The lowest BCUT2D eigenvalue weighted by Gasteiger charge is -2.47. The van der Waals surface area contributed by atoms with Crippen LogP contribution >= 0.6 is 0 Å². The highest BCUT2D eigenvalue weighted by Gasteiger charge is 2.40. The molecule has 0 aliphatic carbocycles. The molecular formula is C19H22N4O3. The fraction of sp³-hybridized carbons (Fsp3) is 0.474. The molecule has 0 radical (unpaired) electrons. The first-order valence-corrected chi connectivity index (χ1v) is 9.11. The van der Waals surface area contributed by atoms with Crippen molar-refractivity contribution in [2.45, 2.75) is 31.7 Å². The Labute approximate surface area is 152 Å². The molecule has 7 heteroatoms. The molecule has 4 heterocycles. The lowest BCUT2D eigenvalue weighted by atomic mass is 9.83. The summed E-state index contributed by atoms with van der Waals surface area (Å²) in [6.45, 7) is 2.00. The molecule has 0 spiro atoms. The first kappa shape index (κ1) is 16.8. The molecule has 136 valence electrons. The van der Waals surface area contributed by atoms with E-state index in [1.54, 1.807) is 12.3 Å². The third-order valence-corrected chi connectivity index (χ3v) is 5.42. The summed E-state index contributed by atoms with van der Waals surface area (Å²) in [4.78, 5) is 33.2. The Morgan fingerprint density at radius 3 is 2.96 bits per heavy atom. The van der Waals surface area contributed by atoms with Crippen LogP contribution in [0.25, 0.3) is 0 Å². The van der Waals surface area contributed by atoms with Gasteiger partial charge in [0.25, 0.3) is 5.91 Å². The zero-order valence-electron chi connectivity index (χ0n) is 14.6. The van der Waals surface area contributed by atoms with Crippen molar-refractivity contribution in [2.24, 2.45) is 5.92 Å². The molecule has 2 amide bonds. The molecular weight excluding hydrogens is 332 g/mol. The number of piperidine rings is 2. The van der Waals surface area contributed by atoms with Crippen molar-refractivity contribution in [3.63, 3.8) is 0 Å². The van der Waals surface area contributed by atoms with Gasteiger partial charge in [0.05, 0.1) is 0 Å². The lowest BCUT2D eigenvalue weighted by molar-refractivity contribution is -0.140. The Kier molecular flexibility index (Phi) is 4.69. The highest BCUT2D eigenvalue weighted by Crippen LogP contribution is 2.31. The maximum absolute atomic E-state index is 12.5. The number of amides is 2. The second-order valence-corrected chi connectivity index (χ2v) is 6.95. The fourth-order valence-electron chi connectivity index (χ4n) is 4.09. The van der Waals surface area contributed by atoms with E-state index in [1.165, 1.54) is 6.26 Å². The molecule has 7 nitrogen and oxygen atoms in total. The van der Waals surface area contributed by atoms with Crippen LogP contribution in [0, 0.1) is 5.92 Å². The molecule has 2 aliphatic heterocycles. The summed E-state index contributed by atoms with van der Waals surface area (Å²) in [6, 6.07) is 7.66. The van der Waals surface area contributed by atoms with Crippen LogP contribution in [0.4, 0.5) is 0 Å². The van der Waals surface area contributed by atoms with Gasteiger partial charge in [0.15, 0.2) is 5.69 Å². The number of hydrogen-bond donors (Lipinski definition) is 0. The molecule has 2 aliphatic rings. The zero-order chi connectivity index (χ0) is 17.9. The van der Waals surface area contributed by atoms with Gasteiger partial charge in [0.1, 0.15) is 6.26 Å². The van der Waals surface area contributed by atoms with Crippen molar-refractivity contribution in [3.05, 3.63) is 48.1 Å². The molecule has 0 N–H and O–H groups in total. The van der Waals surface area contributed by atoms with Gasteiger partial charge in [-0.25, -0.2) is 0 Å². The molecule has 2 aromatic rings. The van der Waals surface area contributed by atoms with Crippen molar-refractivity contribution in [1.82, 2.24) is 19.9 Å². The Bertz CT molecular complexity index is 762. The van der Waals surface area contributed by atoms with Gasteiger partial charge in [-0.3, -0.25) is 14.6 Å². The summed E-state index contributed by atoms with van der Waals surface area (Å²) in [5.74, 6) is 0.452. The van der Waals surface area contributed by atoms with E-state index in [1.807, 2.05) is 28.0 Å². The van der Waals surface area contributed by atoms with Crippen molar-refractivity contribution in [2.75, 3.05) is 19.6 Å². The molecule has 0 bridgehead atoms. The second-order valence-electron chi connectivity index (χ2n) is 6.95. The molecule has 2 fully saturated rings. The van der Waals surface area contributed by atoms with Gasteiger partial charge < -0.3 is 14.3 Å². The molecule has 0 aromatic carbocycles. The third-order valence-electron chi connectivity index (χ3n) is 5.42. The Hall–Kier alpha value is -2.70. The minimum absolute atomic E-state index is 0.0888. The molecule has 0 saturated carbocycles. The van der Waals surface area contributed by atoms with Crippen LogP contribution in [-0.2, 0) is 11.2 Å². The first-order chi connectivity index (χ1) is 12.7. The maximum atomic E-state index is 12.5. The van der Waals surface area contributed by atoms with Crippen LogP contribution in [0.15, 0.2) is 41.2 Å². The predicted molar refractivity (Wildman–Crippen MR) is 93.2 cm³/mol. The summed E-state index contributed by atoms with van der Waals surface area (Å²) in [5.41, 5.74) is 1.35. The first-order valence-electron chi connectivity index (χ1n) is 9.11. The van der Waals surface area contributed by atoms with E-state index in [9.17, 15) is 9.59 Å². The molecule has 2 atom stereocenters. The number of nitrogens with zero attached hydrogens (tertiary/aromatic N) is 4. The monoisotopic (exact) mass is 354 g/mol. The van der Waals surface area contributed by atoms with Crippen molar-refractivity contribution in [1.29, 1.82) is 0 Å². The zero-order valence-corrected chi connectivity index (χ0v) is 14.6. The maximum Gasteiger partial charge on any atom is 0.276 e. The van der Waals surface area contributed by atoms with Gasteiger partial charge in [-0.2, -0.15) is 0 Å². The van der Waals surface area contributed by atoms with Crippen LogP contribution in [0.2, 0.25) is 0 Å². The van der Waals surface area contributed by atoms with Gasteiger partial charge >= 0.3 is 0 Å². The molecule has 26 heavy (non-hydrogen) atoms. The average Bonchev–Trinajstić information content (AvgIpc) is 3.22. The number of likely N-dealkylation sites (tertiary alicyclic amines) is 2. The van der Waals surface area contributed by atoms with E-state index in [2.05, 4.69) is 10.1 Å². The summed E-state index contributed by atoms with van der Waals surface area (Å²) in [7, 11) is 0. The Morgan fingerprint density at radius 1 is 1.27 bits per heavy atom. The molecule has 2 saturated heterocycles. The number of hydrogen-bond acceptors (Lipinski definition) is 5. The van der Waals surface area contributed by atoms with Crippen LogP contribution in [0.5, 0.6) is 0 Å². The summed E-state index contributed by atoms with van der Waals surface area (Å²) in [5, 5.41) is 3.75. The van der Waals surface area contributed by atoms with Gasteiger partial charge in [-0.15, -0.1) is 0 Å². The van der Waals surface area contributed by atoms with E-state index in [-0.39, 0.29) is 17.9 Å². The standard InChI is InChI=1S/C19H22N4O3/c24-18-5-4-14-13-22(19(25)16-8-12-26-21-16)10-7-17(14)23(18)11-6-15-3-1-2-9-20-15/h1-3,8-9,12,14,17H,4-7,10-11,13H2/t14-,17+/m0/s1. The average molecular weight is 354 g/mol. The highest BCUT2D eigenvalue weighted by molar-refractivity contribution is 5.92. The number of rotatable bonds is 4. The van der Waals surface area contributed by atoms with E-state index >= 15 is 0 Å². The number of aromatic nitrogens is 2. The van der Waals surface area contributed by atoms with Crippen LogP contribution in [0.3, 0.4) is 0 Å². The van der Waals surface area contributed by atoms with Gasteiger partial charge in [-0.05, 0) is 30.9 Å². The van der Waals surface area contributed by atoms with Crippen LogP contribution in [0.1, 0.15) is 35.4 Å². The smallest absolute Gasteiger partial charge is 0.276 e. The van der Waals surface area contributed by atoms with Gasteiger partial charge in [0.2, 0.25) is 5.91 Å². The van der Waals surface area contributed by atoms with E-state index in [0.29, 0.717) is 37.7 Å². The van der Waals surface area contributed by atoms with E-state index in [0.717, 1.165) is 25.0 Å². The van der Waals surface area contributed by atoms with Crippen molar-refractivity contribution >= 4 is 11.8 Å². The predicted octanol–water partition coefficient (Wildman–Crippen LogP) is 1.77. The second kappa shape index (κ2) is 7.27. The summed E-state index contributed by atoms with van der Waals surface area (Å²) >= 11 is 0. The summed E-state index contributed by atoms with van der Waals surface area (Å²) in [6.07, 6.45) is 6.16. The van der Waals surface area contributed by atoms with Crippen molar-refractivity contribution < 1.29 is 14.1 Å². The highest BCUT2D eigenvalue weighted by atomic mass is 16.5. The normalized spacial score (nSPS) is 23.0. The minimum Gasteiger partial charge on any atom is -0.364 e.